The maximum absolute atomic E-state index is 5.76. The Morgan fingerprint density at radius 1 is 0.609 bits per heavy atom. The van der Waals surface area contributed by atoms with Crippen LogP contribution in [0, 0.1) is 0 Å². The van der Waals surface area contributed by atoms with E-state index in [-0.39, 0.29) is 20.4 Å². The Bertz CT molecular complexity index is 1810. The molecule has 0 spiro atoms. The van der Waals surface area contributed by atoms with Gasteiger partial charge in [0.25, 0.3) is 0 Å². The molecule has 3 aliphatic heterocycles. The van der Waals surface area contributed by atoms with Gasteiger partial charge in [0.15, 0.2) is 34.5 Å². The molecule has 9 heteroatoms. The van der Waals surface area contributed by atoms with Crippen molar-refractivity contribution in [3.05, 3.63) is 102 Å². The van der Waals surface area contributed by atoms with Crippen LogP contribution in [0.4, 0.5) is 0 Å². The van der Waals surface area contributed by atoms with E-state index in [0.717, 1.165) is 93.3 Å². The van der Waals surface area contributed by atoms with Gasteiger partial charge in [-0.25, -0.2) is 4.98 Å². The third-order valence-corrected chi connectivity index (χ3v) is 8.55. The summed E-state index contributed by atoms with van der Waals surface area (Å²) >= 11 is 0. The molecule has 0 saturated heterocycles. The Hall–Kier alpha value is -5.15. The minimum Gasteiger partial charge on any atom is -0.454 e. The fraction of sp³-hybridized carbons (Fsp3) is 0.270. The fourth-order valence-electron chi connectivity index (χ4n) is 6.26. The van der Waals surface area contributed by atoms with E-state index >= 15 is 0 Å². The first-order chi connectivity index (χ1) is 22.7. The van der Waals surface area contributed by atoms with Crippen LogP contribution < -0.4 is 28.4 Å². The molecule has 0 atom stereocenters. The van der Waals surface area contributed by atoms with Gasteiger partial charge in [0.05, 0.1) is 11.4 Å². The van der Waals surface area contributed by atoms with Gasteiger partial charge in [-0.2, -0.15) is 0 Å². The molecule has 5 aromatic rings. The summed E-state index contributed by atoms with van der Waals surface area (Å²) in [6.07, 6.45) is 2.09. The molecular weight excluding hydrogens is 582 g/mol. The number of hydrogen-bond donors (Lipinski definition) is 0. The molecule has 0 bridgehead atoms. The van der Waals surface area contributed by atoms with Crippen molar-refractivity contribution in [3.8, 4) is 57.1 Å². The highest BCUT2D eigenvalue weighted by Gasteiger charge is 2.25. The number of nitrogens with zero attached hydrogens (tertiary/aromatic N) is 3. The molecule has 3 aliphatic rings. The van der Waals surface area contributed by atoms with E-state index in [4.69, 9.17) is 33.4 Å². The minimum absolute atomic E-state index is 0.234. The van der Waals surface area contributed by atoms with Crippen molar-refractivity contribution in [2.45, 2.75) is 45.9 Å². The highest BCUT2D eigenvalue weighted by atomic mass is 16.7. The maximum Gasteiger partial charge on any atom is 0.231 e. The molecule has 0 radical (unpaired) electrons. The molecule has 46 heavy (non-hydrogen) atoms. The monoisotopic (exact) mass is 617 g/mol. The summed E-state index contributed by atoms with van der Waals surface area (Å²) < 4.78 is 36.4. The number of rotatable bonds is 11. The Kier molecular flexibility index (Phi) is 7.59. The smallest absolute Gasteiger partial charge is 0.231 e. The predicted octanol–water partition coefficient (Wildman–Crippen LogP) is 7.41. The van der Waals surface area contributed by atoms with Crippen molar-refractivity contribution < 1.29 is 28.4 Å². The number of hydrogen-bond acceptors (Lipinski definition) is 8. The highest BCUT2D eigenvalue weighted by Crippen LogP contribution is 2.39. The van der Waals surface area contributed by atoms with Gasteiger partial charge in [0.1, 0.15) is 5.82 Å². The van der Waals surface area contributed by atoms with E-state index in [9.17, 15) is 0 Å². The first-order valence-corrected chi connectivity index (χ1v) is 15.8. The lowest BCUT2D eigenvalue weighted by Gasteiger charge is -2.25. The molecule has 1 aromatic heterocycles. The molecule has 0 N–H and O–H groups in total. The molecular formula is C37H35N3O6. The average molecular weight is 618 g/mol. The van der Waals surface area contributed by atoms with Crippen molar-refractivity contribution in [3.63, 3.8) is 0 Å². The Morgan fingerprint density at radius 3 is 1.78 bits per heavy atom. The quantitative estimate of drug-likeness (QED) is 0.152. The third-order valence-electron chi connectivity index (χ3n) is 8.55. The lowest BCUT2D eigenvalue weighted by atomic mass is 10.1. The first-order valence-electron chi connectivity index (χ1n) is 15.8. The SMILES string of the molecule is CCCCn1c(-c2ccc3c(c2)OCO3)nc(-c2ccccc2)c1CN(Cc1ccc2c(c1)OCO2)Cc1ccc2c(c1)OCO2. The van der Waals surface area contributed by atoms with E-state index in [1.54, 1.807) is 0 Å². The van der Waals surface area contributed by atoms with Gasteiger partial charge in [-0.05, 0) is 60.0 Å². The number of imidazole rings is 1. The van der Waals surface area contributed by atoms with E-state index in [1.165, 1.54) is 0 Å². The first kappa shape index (κ1) is 28.3. The Balaban J connectivity index is 1.22. The summed E-state index contributed by atoms with van der Waals surface area (Å²) in [7, 11) is 0. The van der Waals surface area contributed by atoms with Gasteiger partial charge < -0.3 is 33.0 Å². The van der Waals surface area contributed by atoms with Gasteiger partial charge in [-0.3, -0.25) is 4.90 Å². The normalized spacial score (nSPS) is 14.0. The Morgan fingerprint density at radius 2 is 1.17 bits per heavy atom. The molecule has 0 fully saturated rings. The summed E-state index contributed by atoms with van der Waals surface area (Å²) in [6, 6.07) is 28.9. The Labute approximate surface area is 267 Å². The van der Waals surface area contributed by atoms with Crippen molar-refractivity contribution in [2.75, 3.05) is 20.4 Å². The standard InChI is InChI=1S/C37H35N3O6/c1-2-3-15-40-29(36(27-7-5-4-6-8-27)38-37(40)28-11-14-32-35(18-28)46-24-43-32)21-39(19-25-9-12-30-33(16-25)44-22-41-30)20-26-10-13-31-34(17-26)45-23-42-31/h4-14,16-18H,2-3,15,19-24H2,1H3. The number of aromatic nitrogens is 2. The predicted molar refractivity (Wildman–Crippen MR) is 172 cm³/mol. The summed E-state index contributed by atoms with van der Waals surface area (Å²) in [5.74, 6) is 5.56. The molecule has 4 heterocycles. The van der Waals surface area contributed by atoms with Crippen LogP contribution in [0.15, 0.2) is 84.9 Å². The highest BCUT2D eigenvalue weighted by molar-refractivity contribution is 5.70. The summed E-state index contributed by atoms with van der Waals surface area (Å²) in [5.41, 5.74) is 6.51. The van der Waals surface area contributed by atoms with Gasteiger partial charge in [0.2, 0.25) is 20.4 Å². The van der Waals surface area contributed by atoms with E-state index in [2.05, 4.69) is 71.0 Å². The number of ether oxygens (including phenoxy) is 6. The van der Waals surface area contributed by atoms with Gasteiger partial charge in [-0.1, -0.05) is 55.8 Å². The van der Waals surface area contributed by atoms with Crippen molar-refractivity contribution in [2.24, 2.45) is 0 Å². The largest absolute Gasteiger partial charge is 0.454 e. The van der Waals surface area contributed by atoms with Crippen LogP contribution in [0.2, 0.25) is 0 Å². The number of benzene rings is 4. The lowest BCUT2D eigenvalue weighted by molar-refractivity contribution is 0.173. The second-order valence-electron chi connectivity index (χ2n) is 11.7. The van der Waals surface area contributed by atoms with E-state index < -0.39 is 0 Å². The topological polar surface area (TPSA) is 76.4 Å². The third kappa shape index (κ3) is 5.58. The molecule has 8 rings (SSSR count). The second kappa shape index (κ2) is 12.3. The minimum atomic E-state index is 0.234. The summed E-state index contributed by atoms with van der Waals surface area (Å²) in [5, 5.41) is 0. The second-order valence-corrected chi connectivity index (χ2v) is 11.7. The van der Waals surface area contributed by atoms with Crippen LogP contribution >= 0.6 is 0 Å². The fourth-order valence-corrected chi connectivity index (χ4v) is 6.26. The zero-order valence-electron chi connectivity index (χ0n) is 25.7. The molecule has 0 amide bonds. The zero-order valence-corrected chi connectivity index (χ0v) is 25.7. The van der Waals surface area contributed by atoms with E-state index in [0.29, 0.717) is 19.6 Å². The summed E-state index contributed by atoms with van der Waals surface area (Å²) in [6.45, 7) is 5.85. The molecule has 0 aliphatic carbocycles. The molecule has 9 nitrogen and oxygen atoms in total. The average Bonchev–Trinajstić information content (AvgIpc) is 3.90. The van der Waals surface area contributed by atoms with Crippen LogP contribution in [-0.4, -0.2) is 34.8 Å². The van der Waals surface area contributed by atoms with Crippen LogP contribution in [0.5, 0.6) is 34.5 Å². The van der Waals surface area contributed by atoms with Crippen LogP contribution in [0.1, 0.15) is 36.6 Å². The molecule has 0 saturated carbocycles. The van der Waals surface area contributed by atoms with E-state index in [1.807, 2.05) is 30.3 Å². The van der Waals surface area contributed by atoms with Gasteiger partial charge >= 0.3 is 0 Å². The molecule has 4 aromatic carbocycles. The van der Waals surface area contributed by atoms with Gasteiger partial charge in [-0.15, -0.1) is 0 Å². The zero-order chi connectivity index (χ0) is 30.9. The molecule has 234 valence electrons. The molecule has 0 unspecified atom stereocenters. The number of fused-ring (bicyclic) bond motifs is 3. The maximum atomic E-state index is 5.76. The van der Waals surface area contributed by atoms with Crippen molar-refractivity contribution >= 4 is 0 Å². The van der Waals surface area contributed by atoms with Crippen LogP contribution in [0.3, 0.4) is 0 Å². The summed E-state index contributed by atoms with van der Waals surface area (Å²) in [4.78, 5) is 7.81. The lowest BCUT2D eigenvalue weighted by Crippen LogP contribution is -2.24. The van der Waals surface area contributed by atoms with Crippen molar-refractivity contribution in [1.82, 2.24) is 14.5 Å². The van der Waals surface area contributed by atoms with Gasteiger partial charge in [0, 0.05) is 37.3 Å². The van der Waals surface area contributed by atoms with Crippen molar-refractivity contribution in [1.29, 1.82) is 0 Å². The van der Waals surface area contributed by atoms with Crippen LogP contribution in [-0.2, 0) is 26.2 Å². The van der Waals surface area contributed by atoms with Crippen LogP contribution in [0.25, 0.3) is 22.6 Å². The number of unbranched alkanes of at least 4 members (excludes halogenated alkanes) is 1.